The van der Waals surface area contributed by atoms with Crippen LogP contribution in [0, 0.1) is 0 Å². The van der Waals surface area contributed by atoms with Crippen molar-refractivity contribution in [1.82, 2.24) is 14.9 Å². The Morgan fingerprint density at radius 2 is 1.92 bits per heavy atom. The first-order valence-electron chi connectivity index (χ1n) is 8.05. The maximum absolute atomic E-state index is 10.9. The summed E-state index contributed by atoms with van der Waals surface area (Å²) in [7, 11) is 0. The summed E-state index contributed by atoms with van der Waals surface area (Å²) in [5, 5.41) is 8.92. The predicted molar refractivity (Wildman–Crippen MR) is 92.1 cm³/mol. The molecule has 126 valence electrons. The van der Waals surface area contributed by atoms with E-state index in [0.717, 1.165) is 32.0 Å². The van der Waals surface area contributed by atoms with Gasteiger partial charge in [0.05, 0.1) is 12.4 Å². The fourth-order valence-corrected chi connectivity index (χ4v) is 3.08. The standard InChI is InChI=1S/C18H22N4O2/c1-18(2)13-21(16-11-19-15(10-20-16)17(23)24)8-9-22(18)12-14-6-4-3-5-7-14/h3-7,10-11H,8-9,12-13H2,1-2H3,(H,23,24). The van der Waals surface area contributed by atoms with Crippen LogP contribution in [-0.2, 0) is 6.54 Å². The molecule has 0 spiro atoms. The summed E-state index contributed by atoms with van der Waals surface area (Å²) >= 11 is 0. The third kappa shape index (κ3) is 3.54. The molecule has 1 aromatic heterocycles. The number of benzene rings is 1. The van der Waals surface area contributed by atoms with E-state index in [9.17, 15) is 4.79 Å². The fourth-order valence-electron chi connectivity index (χ4n) is 3.08. The van der Waals surface area contributed by atoms with Crippen LogP contribution in [0.2, 0.25) is 0 Å². The second-order valence-electron chi connectivity index (χ2n) is 6.71. The van der Waals surface area contributed by atoms with E-state index in [-0.39, 0.29) is 11.2 Å². The molecular formula is C18H22N4O2. The van der Waals surface area contributed by atoms with E-state index in [2.05, 4.69) is 57.9 Å². The highest BCUT2D eigenvalue weighted by Crippen LogP contribution is 2.25. The van der Waals surface area contributed by atoms with Gasteiger partial charge in [0.15, 0.2) is 5.69 Å². The molecule has 24 heavy (non-hydrogen) atoms. The van der Waals surface area contributed by atoms with E-state index >= 15 is 0 Å². The molecule has 0 aliphatic carbocycles. The Bertz CT molecular complexity index is 701. The summed E-state index contributed by atoms with van der Waals surface area (Å²) in [5.74, 6) is -0.325. The summed E-state index contributed by atoms with van der Waals surface area (Å²) < 4.78 is 0. The lowest BCUT2D eigenvalue weighted by atomic mass is 9.97. The number of rotatable bonds is 4. The molecule has 3 rings (SSSR count). The average Bonchev–Trinajstić information content (AvgIpc) is 2.57. The Kier molecular flexibility index (Phi) is 4.49. The molecule has 0 bridgehead atoms. The van der Waals surface area contributed by atoms with Crippen molar-refractivity contribution >= 4 is 11.8 Å². The van der Waals surface area contributed by atoms with Gasteiger partial charge < -0.3 is 10.0 Å². The van der Waals surface area contributed by atoms with Gasteiger partial charge in [-0.05, 0) is 19.4 Å². The molecule has 1 aromatic carbocycles. The van der Waals surface area contributed by atoms with Crippen molar-refractivity contribution in [2.24, 2.45) is 0 Å². The predicted octanol–water partition coefficient (Wildman–Crippen LogP) is 2.28. The molecule has 2 heterocycles. The number of hydrogen-bond acceptors (Lipinski definition) is 5. The van der Waals surface area contributed by atoms with Gasteiger partial charge in [-0.15, -0.1) is 0 Å². The van der Waals surface area contributed by atoms with E-state index in [1.807, 2.05) is 6.07 Å². The highest BCUT2D eigenvalue weighted by molar-refractivity contribution is 5.84. The van der Waals surface area contributed by atoms with Crippen molar-refractivity contribution < 1.29 is 9.90 Å². The van der Waals surface area contributed by atoms with E-state index in [1.54, 1.807) is 6.20 Å². The summed E-state index contributed by atoms with van der Waals surface area (Å²) in [6.45, 7) is 7.95. The highest BCUT2D eigenvalue weighted by Gasteiger charge is 2.34. The van der Waals surface area contributed by atoms with Gasteiger partial charge >= 0.3 is 5.97 Å². The number of piperazine rings is 1. The number of carboxylic acid groups (broad SMARTS) is 1. The zero-order valence-corrected chi connectivity index (χ0v) is 14.0. The normalized spacial score (nSPS) is 17.7. The summed E-state index contributed by atoms with van der Waals surface area (Å²) in [4.78, 5) is 23.8. The molecule has 6 nitrogen and oxygen atoms in total. The molecule has 0 atom stereocenters. The minimum Gasteiger partial charge on any atom is -0.476 e. The molecule has 0 saturated carbocycles. The second-order valence-corrected chi connectivity index (χ2v) is 6.71. The highest BCUT2D eigenvalue weighted by atomic mass is 16.4. The lowest BCUT2D eigenvalue weighted by molar-refractivity contribution is 0.0689. The van der Waals surface area contributed by atoms with Crippen LogP contribution in [0.15, 0.2) is 42.7 Å². The maximum atomic E-state index is 10.9. The van der Waals surface area contributed by atoms with Crippen molar-refractivity contribution in [3.05, 3.63) is 54.0 Å². The number of aromatic nitrogens is 2. The third-order valence-electron chi connectivity index (χ3n) is 4.47. The molecule has 0 unspecified atom stereocenters. The Labute approximate surface area is 141 Å². The van der Waals surface area contributed by atoms with Crippen LogP contribution in [0.25, 0.3) is 0 Å². The summed E-state index contributed by atoms with van der Waals surface area (Å²) in [5.41, 5.74) is 1.27. The van der Waals surface area contributed by atoms with Gasteiger partial charge in [0.2, 0.25) is 0 Å². The maximum Gasteiger partial charge on any atom is 0.356 e. The smallest absolute Gasteiger partial charge is 0.356 e. The second kappa shape index (κ2) is 6.57. The number of nitrogens with zero attached hydrogens (tertiary/aromatic N) is 4. The van der Waals surface area contributed by atoms with Gasteiger partial charge in [-0.2, -0.15) is 0 Å². The van der Waals surface area contributed by atoms with Gasteiger partial charge in [-0.25, -0.2) is 14.8 Å². The van der Waals surface area contributed by atoms with Crippen LogP contribution in [0.3, 0.4) is 0 Å². The molecular weight excluding hydrogens is 304 g/mol. The number of anilines is 1. The molecule has 2 aromatic rings. The number of aromatic carboxylic acids is 1. The topological polar surface area (TPSA) is 69.6 Å². The summed E-state index contributed by atoms with van der Waals surface area (Å²) in [6.07, 6.45) is 2.87. The number of carboxylic acids is 1. The van der Waals surface area contributed by atoms with E-state index in [0.29, 0.717) is 0 Å². The van der Waals surface area contributed by atoms with Gasteiger partial charge in [0, 0.05) is 31.7 Å². The van der Waals surface area contributed by atoms with Crippen molar-refractivity contribution in [1.29, 1.82) is 0 Å². The van der Waals surface area contributed by atoms with Crippen LogP contribution in [-0.4, -0.2) is 51.1 Å². The first kappa shape index (κ1) is 16.4. The van der Waals surface area contributed by atoms with E-state index in [1.165, 1.54) is 11.8 Å². The Hall–Kier alpha value is -2.47. The first-order chi connectivity index (χ1) is 11.5. The van der Waals surface area contributed by atoms with E-state index < -0.39 is 5.97 Å². The minimum atomic E-state index is -1.05. The molecule has 0 radical (unpaired) electrons. The summed E-state index contributed by atoms with van der Waals surface area (Å²) in [6, 6.07) is 10.5. The zero-order chi connectivity index (χ0) is 17.2. The van der Waals surface area contributed by atoms with Crippen LogP contribution in [0.1, 0.15) is 29.9 Å². The first-order valence-corrected chi connectivity index (χ1v) is 8.05. The molecule has 1 aliphatic heterocycles. The molecule has 1 fully saturated rings. The minimum absolute atomic E-state index is 0.0127. The SMILES string of the molecule is CC1(C)CN(c2cnc(C(=O)O)cn2)CCN1Cc1ccccc1. The van der Waals surface area contributed by atoms with Gasteiger partial charge in [-0.1, -0.05) is 30.3 Å². The monoisotopic (exact) mass is 326 g/mol. The van der Waals surface area contributed by atoms with Crippen molar-refractivity contribution in [2.75, 3.05) is 24.5 Å². The van der Waals surface area contributed by atoms with Crippen molar-refractivity contribution in [3.63, 3.8) is 0 Å². The van der Waals surface area contributed by atoms with Crippen LogP contribution in [0.4, 0.5) is 5.82 Å². The number of carbonyl (C=O) groups is 1. The Morgan fingerprint density at radius 3 is 2.50 bits per heavy atom. The molecule has 1 aliphatic rings. The largest absolute Gasteiger partial charge is 0.476 e. The Balaban J connectivity index is 1.69. The molecule has 6 heteroatoms. The van der Waals surface area contributed by atoms with E-state index in [4.69, 9.17) is 5.11 Å². The fraction of sp³-hybridized carbons (Fsp3) is 0.389. The van der Waals surface area contributed by atoms with Gasteiger partial charge in [-0.3, -0.25) is 4.90 Å². The van der Waals surface area contributed by atoms with Crippen LogP contribution < -0.4 is 4.90 Å². The molecule has 1 N–H and O–H groups in total. The van der Waals surface area contributed by atoms with Crippen LogP contribution in [0.5, 0.6) is 0 Å². The van der Waals surface area contributed by atoms with Crippen molar-refractivity contribution in [3.8, 4) is 0 Å². The number of hydrogen-bond donors (Lipinski definition) is 1. The molecule has 0 amide bonds. The zero-order valence-electron chi connectivity index (χ0n) is 14.0. The van der Waals surface area contributed by atoms with Gasteiger partial charge in [0.1, 0.15) is 5.82 Å². The third-order valence-corrected chi connectivity index (χ3v) is 4.47. The Morgan fingerprint density at radius 1 is 1.17 bits per heavy atom. The van der Waals surface area contributed by atoms with Crippen molar-refractivity contribution in [2.45, 2.75) is 25.9 Å². The lowest BCUT2D eigenvalue weighted by Gasteiger charge is -2.47. The molecule has 1 saturated heterocycles. The quantitative estimate of drug-likeness (QED) is 0.929. The van der Waals surface area contributed by atoms with Gasteiger partial charge in [0.25, 0.3) is 0 Å². The van der Waals surface area contributed by atoms with Crippen LogP contribution >= 0.6 is 0 Å². The average molecular weight is 326 g/mol. The lowest BCUT2D eigenvalue weighted by Crippen LogP contribution is -2.59.